The maximum absolute atomic E-state index is 12.1. The fourth-order valence-corrected chi connectivity index (χ4v) is 2.76. The molecule has 1 saturated heterocycles. The Kier molecular flexibility index (Phi) is 5.85. The lowest BCUT2D eigenvalue weighted by molar-refractivity contribution is 0.122. The van der Waals surface area contributed by atoms with Gasteiger partial charge in [0.05, 0.1) is 25.1 Å². The van der Waals surface area contributed by atoms with Crippen LogP contribution in [0.2, 0.25) is 0 Å². The predicted molar refractivity (Wildman–Crippen MR) is 99.1 cm³/mol. The monoisotopic (exact) mass is 340 g/mol. The summed E-state index contributed by atoms with van der Waals surface area (Å²) in [5.41, 5.74) is 1.89. The molecule has 1 aromatic heterocycles. The molecule has 132 valence electrons. The number of aromatic nitrogens is 1. The first-order valence-corrected chi connectivity index (χ1v) is 8.61. The van der Waals surface area contributed by atoms with E-state index in [2.05, 4.69) is 39.6 Å². The van der Waals surface area contributed by atoms with Crippen LogP contribution in [0.4, 0.5) is 16.3 Å². The van der Waals surface area contributed by atoms with E-state index in [1.54, 1.807) is 6.20 Å². The number of ether oxygens (including phenoxy) is 1. The van der Waals surface area contributed by atoms with Crippen LogP contribution in [0.1, 0.15) is 18.4 Å². The van der Waals surface area contributed by atoms with Crippen molar-refractivity contribution in [3.05, 3.63) is 54.2 Å². The Balaban J connectivity index is 1.47. The van der Waals surface area contributed by atoms with Crippen LogP contribution >= 0.6 is 0 Å². The van der Waals surface area contributed by atoms with Gasteiger partial charge in [-0.25, -0.2) is 9.78 Å². The number of nitrogens with one attached hydrogen (secondary N) is 2. The topological polar surface area (TPSA) is 66.5 Å². The molecule has 1 aliphatic rings. The maximum Gasteiger partial charge on any atom is 0.319 e. The Morgan fingerprint density at radius 3 is 2.64 bits per heavy atom. The van der Waals surface area contributed by atoms with Gasteiger partial charge in [0.25, 0.3) is 0 Å². The Morgan fingerprint density at radius 2 is 1.96 bits per heavy atom. The average molecular weight is 340 g/mol. The van der Waals surface area contributed by atoms with E-state index in [0.29, 0.717) is 12.2 Å². The van der Waals surface area contributed by atoms with E-state index >= 15 is 0 Å². The Hall–Kier alpha value is -2.60. The van der Waals surface area contributed by atoms with Crippen LogP contribution in [-0.4, -0.2) is 43.9 Å². The quantitative estimate of drug-likeness (QED) is 0.878. The third kappa shape index (κ3) is 4.93. The van der Waals surface area contributed by atoms with Crippen LogP contribution in [0.5, 0.6) is 0 Å². The first-order chi connectivity index (χ1) is 12.2. The molecule has 2 amide bonds. The molecular formula is C19H24N4O2. The van der Waals surface area contributed by atoms with E-state index < -0.39 is 0 Å². The summed E-state index contributed by atoms with van der Waals surface area (Å²) in [6.45, 7) is 5.81. The summed E-state index contributed by atoms with van der Waals surface area (Å²) in [4.78, 5) is 18.7. The molecule has 2 heterocycles. The second-order valence-corrected chi connectivity index (χ2v) is 6.15. The van der Waals surface area contributed by atoms with Crippen molar-refractivity contribution < 1.29 is 9.53 Å². The molecule has 25 heavy (non-hydrogen) atoms. The lowest BCUT2D eigenvalue weighted by Gasteiger charge is -2.27. The van der Waals surface area contributed by atoms with Gasteiger partial charge in [-0.15, -0.1) is 0 Å². The number of benzene rings is 1. The fourth-order valence-electron chi connectivity index (χ4n) is 2.76. The first kappa shape index (κ1) is 17.2. The van der Waals surface area contributed by atoms with Gasteiger partial charge >= 0.3 is 6.03 Å². The summed E-state index contributed by atoms with van der Waals surface area (Å²) in [5.74, 6) is 1.17. The minimum atomic E-state index is -0.219. The van der Waals surface area contributed by atoms with E-state index in [4.69, 9.17) is 4.74 Å². The largest absolute Gasteiger partial charge is 0.378 e. The molecular weight excluding hydrogens is 316 g/mol. The molecule has 0 radical (unpaired) electrons. The van der Waals surface area contributed by atoms with Crippen molar-refractivity contribution in [2.75, 3.05) is 43.1 Å². The standard InChI is InChI=1S/C19H24N4O2/c1-15(16-5-3-2-4-6-16)13-21-19(24)22-17-7-8-18(20-14-17)23-9-11-25-12-10-23/h2-8,14-15H,9-13H2,1H3,(H2,21,22,24). The molecule has 1 unspecified atom stereocenters. The summed E-state index contributed by atoms with van der Waals surface area (Å²) in [6, 6.07) is 13.7. The molecule has 0 bridgehead atoms. The minimum absolute atomic E-state index is 0.219. The number of amides is 2. The molecule has 6 heteroatoms. The lowest BCUT2D eigenvalue weighted by Crippen LogP contribution is -2.36. The number of morpholine rings is 1. The van der Waals surface area contributed by atoms with Gasteiger partial charge in [0.2, 0.25) is 0 Å². The molecule has 1 atom stereocenters. The average Bonchev–Trinajstić information content (AvgIpc) is 2.68. The van der Waals surface area contributed by atoms with Gasteiger partial charge in [-0.2, -0.15) is 0 Å². The van der Waals surface area contributed by atoms with Crippen LogP contribution in [0.15, 0.2) is 48.7 Å². The normalized spacial score (nSPS) is 15.5. The molecule has 1 fully saturated rings. The molecule has 2 N–H and O–H groups in total. The van der Waals surface area contributed by atoms with Crippen molar-refractivity contribution in [3.63, 3.8) is 0 Å². The van der Waals surface area contributed by atoms with Gasteiger partial charge in [0.15, 0.2) is 0 Å². The minimum Gasteiger partial charge on any atom is -0.378 e. The van der Waals surface area contributed by atoms with Crippen LogP contribution in [-0.2, 0) is 4.74 Å². The number of rotatable bonds is 5. The summed E-state index contributed by atoms with van der Waals surface area (Å²) < 4.78 is 5.34. The number of carbonyl (C=O) groups is 1. The summed E-state index contributed by atoms with van der Waals surface area (Å²) in [6.07, 6.45) is 1.69. The number of anilines is 2. The summed E-state index contributed by atoms with van der Waals surface area (Å²) in [5, 5.41) is 5.73. The Labute approximate surface area is 148 Å². The molecule has 0 aliphatic carbocycles. The van der Waals surface area contributed by atoms with E-state index in [-0.39, 0.29) is 11.9 Å². The van der Waals surface area contributed by atoms with Gasteiger partial charge in [-0.1, -0.05) is 37.3 Å². The smallest absolute Gasteiger partial charge is 0.319 e. The van der Waals surface area contributed by atoms with Crippen molar-refractivity contribution in [2.24, 2.45) is 0 Å². The SMILES string of the molecule is CC(CNC(=O)Nc1ccc(N2CCOCC2)nc1)c1ccccc1. The zero-order valence-corrected chi connectivity index (χ0v) is 14.4. The predicted octanol–water partition coefficient (Wildman–Crippen LogP) is 2.84. The first-order valence-electron chi connectivity index (χ1n) is 8.61. The molecule has 6 nitrogen and oxygen atoms in total. The highest BCUT2D eigenvalue weighted by molar-refractivity contribution is 5.89. The number of nitrogens with zero attached hydrogens (tertiary/aromatic N) is 2. The van der Waals surface area contributed by atoms with Crippen LogP contribution in [0, 0.1) is 0 Å². The van der Waals surface area contributed by atoms with Gasteiger partial charge in [-0.3, -0.25) is 0 Å². The van der Waals surface area contributed by atoms with Crippen LogP contribution in [0.3, 0.4) is 0 Å². The van der Waals surface area contributed by atoms with Crippen molar-refractivity contribution >= 4 is 17.5 Å². The molecule has 2 aromatic rings. The van der Waals surface area contributed by atoms with Crippen LogP contribution in [0.25, 0.3) is 0 Å². The van der Waals surface area contributed by atoms with Gasteiger partial charge in [0.1, 0.15) is 5.82 Å². The Bertz CT molecular complexity index is 670. The second kappa shape index (κ2) is 8.48. The fraction of sp³-hybridized carbons (Fsp3) is 0.368. The summed E-state index contributed by atoms with van der Waals surface area (Å²) >= 11 is 0. The Morgan fingerprint density at radius 1 is 1.20 bits per heavy atom. The lowest BCUT2D eigenvalue weighted by atomic mass is 10.0. The maximum atomic E-state index is 12.1. The van der Waals surface area contributed by atoms with Crippen molar-refractivity contribution in [2.45, 2.75) is 12.8 Å². The number of carbonyl (C=O) groups excluding carboxylic acids is 1. The van der Waals surface area contributed by atoms with Crippen molar-refractivity contribution in [1.29, 1.82) is 0 Å². The van der Waals surface area contributed by atoms with Gasteiger partial charge < -0.3 is 20.3 Å². The number of hydrogen-bond acceptors (Lipinski definition) is 4. The molecule has 1 aliphatic heterocycles. The zero-order valence-electron chi connectivity index (χ0n) is 14.4. The highest BCUT2D eigenvalue weighted by Gasteiger charge is 2.12. The third-order valence-electron chi connectivity index (χ3n) is 4.28. The van der Waals surface area contributed by atoms with E-state index in [1.165, 1.54) is 5.56 Å². The third-order valence-corrected chi connectivity index (χ3v) is 4.28. The van der Waals surface area contributed by atoms with E-state index in [9.17, 15) is 4.79 Å². The highest BCUT2D eigenvalue weighted by atomic mass is 16.5. The van der Waals surface area contributed by atoms with Crippen LogP contribution < -0.4 is 15.5 Å². The highest BCUT2D eigenvalue weighted by Crippen LogP contribution is 2.16. The molecule has 0 saturated carbocycles. The molecule has 1 aromatic carbocycles. The van der Waals surface area contributed by atoms with Gasteiger partial charge in [-0.05, 0) is 23.6 Å². The molecule has 3 rings (SSSR count). The van der Waals surface area contributed by atoms with Gasteiger partial charge in [0, 0.05) is 19.6 Å². The molecule has 0 spiro atoms. The zero-order chi connectivity index (χ0) is 17.5. The van der Waals surface area contributed by atoms with Crippen molar-refractivity contribution in [1.82, 2.24) is 10.3 Å². The van der Waals surface area contributed by atoms with E-state index in [1.807, 2.05) is 30.3 Å². The van der Waals surface area contributed by atoms with Crippen molar-refractivity contribution in [3.8, 4) is 0 Å². The number of urea groups is 1. The summed E-state index contributed by atoms with van der Waals surface area (Å²) in [7, 11) is 0. The number of pyridine rings is 1. The van der Waals surface area contributed by atoms with E-state index in [0.717, 1.165) is 32.1 Å². The second-order valence-electron chi connectivity index (χ2n) is 6.15. The number of hydrogen-bond donors (Lipinski definition) is 2.